The van der Waals surface area contributed by atoms with Crippen LogP contribution < -0.4 is 5.32 Å². The number of nitrogens with one attached hydrogen (secondary N) is 1. The Kier molecular flexibility index (Phi) is 7.18. The molecule has 0 saturated carbocycles. The van der Waals surface area contributed by atoms with Crippen molar-refractivity contribution in [2.24, 2.45) is 5.92 Å². The fourth-order valence-corrected chi connectivity index (χ4v) is 5.59. The summed E-state index contributed by atoms with van der Waals surface area (Å²) in [5.41, 5.74) is 4.11. The third-order valence-corrected chi connectivity index (χ3v) is 7.90. The lowest BCUT2D eigenvalue weighted by Crippen LogP contribution is -2.42. The summed E-state index contributed by atoms with van der Waals surface area (Å²) < 4.78 is 5.94. The Morgan fingerprint density at radius 3 is 2.47 bits per heavy atom. The van der Waals surface area contributed by atoms with Gasteiger partial charge in [-0.1, -0.05) is 38.4 Å². The summed E-state index contributed by atoms with van der Waals surface area (Å²) >= 11 is 8.32. The Bertz CT molecular complexity index is 1170. The first kappa shape index (κ1) is 24.9. The van der Waals surface area contributed by atoms with E-state index >= 15 is 0 Å². The van der Waals surface area contributed by atoms with Gasteiger partial charge < -0.3 is 10.1 Å². The number of esters is 1. The number of thiophene rings is 1. The van der Waals surface area contributed by atoms with Crippen LogP contribution in [0.15, 0.2) is 48.0 Å². The van der Waals surface area contributed by atoms with E-state index in [0.29, 0.717) is 16.5 Å². The second kappa shape index (κ2) is 9.80. The predicted octanol–water partition coefficient (Wildman–Crippen LogP) is 7.36. The van der Waals surface area contributed by atoms with Crippen molar-refractivity contribution < 1.29 is 9.53 Å². The molecule has 0 radical (unpaired) electrons. The lowest BCUT2D eigenvalue weighted by Gasteiger charge is -2.36. The molecular formula is C28H33ClN2O2S. The number of piperidine rings is 1. The van der Waals surface area contributed by atoms with E-state index in [4.69, 9.17) is 16.3 Å². The number of carbonyl (C=O) groups excluding carboxylic acids is 1. The summed E-state index contributed by atoms with van der Waals surface area (Å²) in [6.45, 7) is 12.4. The van der Waals surface area contributed by atoms with E-state index in [9.17, 15) is 4.79 Å². The Labute approximate surface area is 211 Å². The molecule has 1 fully saturated rings. The fraction of sp³-hybridized carbons (Fsp3) is 0.429. The smallest absolute Gasteiger partial charge is 0.338 e. The monoisotopic (exact) mass is 496 g/mol. The van der Waals surface area contributed by atoms with Gasteiger partial charge in [0.1, 0.15) is 5.60 Å². The zero-order valence-corrected chi connectivity index (χ0v) is 22.1. The number of pyridine rings is 1. The number of hydrogen-bond acceptors (Lipinski definition) is 5. The van der Waals surface area contributed by atoms with Crippen molar-refractivity contribution in [3.63, 3.8) is 0 Å². The zero-order chi connectivity index (χ0) is 24.5. The van der Waals surface area contributed by atoms with Gasteiger partial charge in [0.15, 0.2) is 0 Å². The van der Waals surface area contributed by atoms with Crippen molar-refractivity contribution >= 4 is 28.9 Å². The molecule has 1 aliphatic rings. The number of carbonyl (C=O) groups is 1. The quantitative estimate of drug-likeness (QED) is 0.375. The second-order valence-electron chi connectivity index (χ2n) is 10.6. The number of aromatic nitrogens is 1. The number of benzene rings is 1. The van der Waals surface area contributed by atoms with E-state index in [2.05, 4.69) is 48.6 Å². The highest BCUT2D eigenvalue weighted by molar-refractivity contribution is 7.14. The minimum Gasteiger partial charge on any atom is -0.456 e. The average molecular weight is 497 g/mol. The summed E-state index contributed by atoms with van der Waals surface area (Å²) in [6, 6.07) is 11.8. The van der Waals surface area contributed by atoms with Crippen LogP contribution in [0.4, 0.5) is 0 Å². The normalized spacial score (nSPS) is 15.4. The summed E-state index contributed by atoms with van der Waals surface area (Å²) in [6.07, 6.45) is 3.89. The molecule has 4 nitrogen and oxygen atoms in total. The molecule has 34 heavy (non-hydrogen) atoms. The zero-order valence-electron chi connectivity index (χ0n) is 20.6. The maximum atomic E-state index is 12.9. The summed E-state index contributed by atoms with van der Waals surface area (Å²) in [7, 11) is 0. The lowest BCUT2D eigenvalue weighted by molar-refractivity contribution is -0.0368. The number of hydrogen-bond donors (Lipinski definition) is 1. The maximum absolute atomic E-state index is 12.9. The number of nitrogens with zero attached hydrogens (tertiary/aromatic N) is 1. The molecule has 180 valence electrons. The van der Waals surface area contributed by atoms with Crippen LogP contribution in [0.3, 0.4) is 0 Å². The van der Waals surface area contributed by atoms with E-state index < -0.39 is 5.60 Å². The first-order valence-electron chi connectivity index (χ1n) is 11.8. The van der Waals surface area contributed by atoms with E-state index in [0.717, 1.165) is 53.2 Å². The highest BCUT2D eigenvalue weighted by Crippen LogP contribution is 2.37. The standard InChI is InChI=1S/C28H33ClN2O2S/c1-27(2,3)25-16-18(8-13-31-25)24-15-20(17-34-24)22-7-6-19(14-23(22)29)26(32)33-28(4,5)21-9-11-30-12-10-21/h6-8,13-17,21,30H,9-12H2,1-5H3. The van der Waals surface area contributed by atoms with Gasteiger partial charge in [-0.05, 0) is 86.6 Å². The molecule has 3 heterocycles. The van der Waals surface area contributed by atoms with Gasteiger partial charge in [0, 0.05) is 38.7 Å². The van der Waals surface area contributed by atoms with Crippen LogP contribution in [0.5, 0.6) is 0 Å². The third kappa shape index (κ3) is 5.54. The topological polar surface area (TPSA) is 51.2 Å². The molecule has 0 unspecified atom stereocenters. The SMILES string of the molecule is CC(C)(C)c1cc(-c2cc(-c3ccc(C(=O)OC(C)(C)C4CCNCC4)cc3Cl)cs2)ccn1. The van der Waals surface area contributed by atoms with Crippen molar-refractivity contribution in [2.75, 3.05) is 13.1 Å². The summed E-state index contributed by atoms with van der Waals surface area (Å²) in [4.78, 5) is 18.6. The Morgan fingerprint density at radius 2 is 1.79 bits per heavy atom. The van der Waals surface area contributed by atoms with Gasteiger partial charge in [0.2, 0.25) is 0 Å². The van der Waals surface area contributed by atoms with Gasteiger partial charge in [0.25, 0.3) is 0 Å². The van der Waals surface area contributed by atoms with Crippen LogP contribution in [0.1, 0.15) is 63.5 Å². The van der Waals surface area contributed by atoms with Crippen LogP contribution in [0.25, 0.3) is 21.6 Å². The highest BCUT2D eigenvalue weighted by Gasteiger charge is 2.34. The fourth-order valence-electron chi connectivity index (χ4n) is 4.40. The molecule has 1 N–H and O–H groups in total. The first-order valence-corrected chi connectivity index (χ1v) is 13.1. The van der Waals surface area contributed by atoms with E-state index in [1.54, 1.807) is 17.4 Å². The molecule has 0 atom stereocenters. The van der Waals surface area contributed by atoms with Crippen molar-refractivity contribution in [1.29, 1.82) is 0 Å². The second-order valence-corrected chi connectivity index (χ2v) is 11.9. The van der Waals surface area contributed by atoms with E-state index in [1.165, 1.54) is 0 Å². The molecule has 0 amide bonds. The van der Waals surface area contributed by atoms with E-state index in [1.807, 2.05) is 38.2 Å². The number of halogens is 1. The molecule has 6 heteroatoms. The van der Waals surface area contributed by atoms with Gasteiger partial charge >= 0.3 is 5.97 Å². The van der Waals surface area contributed by atoms with Gasteiger partial charge in [-0.25, -0.2) is 4.79 Å². The van der Waals surface area contributed by atoms with Crippen LogP contribution in [-0.2, 0) is 10.2 Å². The minimum absolute atomic E-state index is 0.00765. The molecule has 1 aliphatic heterocycles. The number of rotatable bonds is 5. The Morgan fingerprint density at radius 1 is 1.06 bits per heavy atom. The van der Waals surface area contributed by atoms with Crippen LogP contribution in [0, 0.1) is 5.92 Å². The molecule has 0 spiro atoms. The maximum Gasteiger partial charge on any atom is 0.338 e. The lowest BCUT2D eigenvalue weighted by atomic mass is 9.83. The largest absolute Gasteiger partial charge is 0.456 e. The van der Waals surface area contributed by atoms with Crippen molar-refractivity contribution in [3.05, 3.63) is 64.3 Å². The van der Waals surface area contributed by atoms with E-state index in [-0.39, 0.29) is 11.4 Å². The molecule has 3 aromatic rings. The highest BCUT2D eigenvalue weighted by atomic mass is 35.5. The third-order valence-electron chi connectivity index (χ3n) is 6.61. The van der Waals surface area contributed by atoms with Crippen molar-refractivity contribution in [2.45, 2.75) is 58.5 Å². The van der Waals surface area contributed by atoms with Gasteiger partial charge in [0.05, 0.1) is 5.56 Å². The molecule has 0 aliphatic carbocycles. The van der Waals surface area contributed by atoms with Crippen LogP contribution in [0.2, 0.25) is 5.02 Å². The van der Waals surface area contributed by atoms with Gasteiger partial charge in [-0.15, -0.1) is 11.3 Å². The number of ether oxygens (including phenoxy) is 1. The first-order chi connectivity index (χ1) is 16.0. The molecule has 2 aromatic heterocycles. The predicted molar refractivity (Wildman–Crippen MR) is 142 cm³/mol. The van der Waals surface area contributed by atoms with Gasteiger partial charge in [-0.2, -0.15) is 0 Å². The minimum atomic E-state index is -0.511. The van der Waals surface area contributed by atoms with Crippen LogP contribution in [-0.4, -0.2) is 29.6 Å². The van der Waals surface area contributed by atoms with Gasteiger partial charge in [-0.3, -0.25) is 4.98 Å². The van der Waals surface area contributed by atoms with Crippen LogP contribution >= 0.6 is 22.9 Å². The molecule has 4 rings (SSSR count). The Hall–Kier alpha value is -2.21. The molecule has 1 aromatic carbocycles. The molecular weight excluding hydrogens is 464 g/mol. The summed E-state index contributed by atoms with van der Waals surface area (Å²) in [5.74, 6) is 0.0261. The molecule has 0 bridgehead atoms. The average Bonchev–Trinajstić information content (AvgIpc) is 3.29. The van der Waals surface area contributed by atoms with Crippen molar-refractivity contribution in [3.8, 4) is 21.6 Å². The van der Waals surface area contributed by atoms with Crippen molar-refractivity contribution in [1.82, 2.24) is 10.3 Å². The Balaban J connectivity index is 1.52. The summed E-state index contributed by atoms with van der Waals surface area (Å²) in [5, 5.41) is 6.01. The molecule has 1 saturated heterocycles.